The summed E-state index contributed by atoms with van der Waals surface area (Å²) in [5.41, 5.74) is 3.92. The lowest BCUT2D eigenvalue weighted by Crippen LogP contribution is -2.48. The van der Waals surface area contributed by atoms with E-state index in [0.717, 1.165) is 52.4 Å². The molecule has 5 rings (SSSR count). The third-order valence-corrected chi connectivity index (χ3v) is 6.45. The van der Waals surface area contributed by atoms with Crippen LogP contribution in [-0.2, 0) is 21.8 Å². The monoisotopic (exact) mass is 393 g/mol. The van der Waals surface area contributed by atoms with Crippen molar-refractivity contribution in [2.75, 3.05) is 63.9 Å². The first kappa shape index (κ1) is 19.1. The minimum Gasteiger partial charge on any atom is -0.369 e. The van der Waals surface area contributed by atoms with Crippen LogP contribution in [0.1, 0.15) is 17.5 Å². The van der Waals surface area contributed by atoms with Gasteiger partial charge in [-0.3, -0.25) is 9.80 Å². The number of benzene rings is 2. The van der Waals surface area contributed by atoms with E-state index in [4.69, 9.17) is 9.47 Å². The van der Waals surface area contributed by atoms with Crippen LogP contribution in [0.25, 0.3) is 0 Å². The van der Waals surface area contributed by atoms with Crippen molar-refractivity contribution in [1.82, 2.24) is 9.80 Å². The third kappa shape index (κ3) is 4.05. The second-order valence-corrected chi connectivity index (χ2v) is 8.34. The van der Waals surface area contributed by atoms with Gasteiger partial charge in [-0.05, 0) is 37.2 Å². The molecule has 3 heterocycles. The molecule has 0 amide bonds. The van der Waals surface area contributed by atoms with Gasteiger partial charge < -0.3 is 14.4 Å². The van der Waals surface area contributed by atoms with Gasteiger partial charge in [0.05, 0.1) is 19.8 Å². The van der Waals surface area contributed by atoms with Crippen LogP contribution >= 0.6 is 0 Å². The summed E-state index contributed by atoms with van der Waals surface area (Å²) in [5, 5.41) is 0. The molecule has 5 heteroatoms. The number of anilines is 1. The molecule has 0 atom stereocenters. The Morgan fingerprint density at radius 3 is 2.24 bits per heavy atom. The fourth-order valence-electron chi connectivity index (χ4n) is 4.95. The summed E-state index contributed by atoms with van der Waals surface area (Å²) in [4.78, 5) is 7.61. The molecule has 0 aliphatic carbocycles. The van der Waals surface area contributed by atoms with Crippen molar-refractivity contribution >= 4 is 5.69 Å². The molecule has 2 saturated heterocycles. The molecule has 3 aliphatic rings. The Kier molecular flexibility index (Phi) is 5.55. The van der Waals surface area contributed by atoms with E-state index in [0.29, 0.717) is 13.2 Å². The second-order valence-electron chi connectivity index (χ2n) is 8.34. The van der Waals surface area contributed by atoms with E-state index in [-0.39, 0.29) is 0 Å². The number of nitrogens with zero attached hydrogens (tertiary/aromatic N) is 3. The predicted octanol–water partition coefficient (Wildman–Crippen LogP) is 2.91. The Morgan fingerprint density at radius 1 is 0.759 bits per heavy atom. The molecule has 1 spiro atoms. The zero-order chi connectivity index (χ0) is 19.5. The summed E-state index contributed by atoms with van der Waals surface area (Å²) >= 11 is 0. The number of ether oxygens (including phenoxy) is 2. The van der Waals surface area contributed by atoms with Gasteiger partial charge in [0.2, 0.25) is 5.79 Å². The highest BCUT2D eigenvalue weighted by Crippen LogP contribution is 2.38. The molecule has 5 nitrogen and oxygen atoms in total. The first-order chi connectivity index (χ1) is 14.3. The smallest absolute Gasteiger partial charge is 0.208 e. The molecule has 0 radical (unpaired) electrons. The SMILES string of the molecule is c1ccc(N2CCN(CCCN3Cc4ccccc4C4(C3)OCCO4)CC2)cc1. The van der Waals surface area contributed by atoms with Crippen molar-refractivity contribution in [3.8, 4) is 0 Å². The Morgan fingerprint density at radius 2 is 1.45 bits per heavy atom. The van der Waals surface area contributed by atoms with E-state index in [1.807, 2.05) is 0 Å². The summed E-state index contributed by atoms with van der Waals surface area (Å²) in [7, 11) is 0. The zero-order valence-electron chi connectivity index (χ0n) is 17.1. The largest absolute Gasteiger partial charge is 0.369 e. The van der Waals surface area contributed by atoms with Gasteiger partial charge in [-0.25, -0.2) is 0 Å². The van der Waals surface area contributed by atoms with Crippen LogP contribution in [0.2, 0.25) is 0 Å². The Bertz CT molecular complexity index is 799. The van der Waals surface area contributed by atoms with E-state index in [1.165, 1.54) is 23.2 Å². The van der Waals surface area contributed by atoms with E-state index in [9.17, 15) is 0 Å². The third-order valence-electron chi connectivity index (χ3n) is 6.45. The lowest BCUT2D eigenvalue weighted by Gasteiger charge is -2.40. The standard InChI is InChI=1S/C24H31N3O2/c1-2-8-22(9-3-1)27-15-13-25(14-16-27)11-6-12-26-19-21-7-4-5-10-23(21)24(20-26)28-17-18-29-24/h1-5,7-10H,6,11-20H2. The van der Waals surface area contributed by atoms with Crippen molar-refractivity contribution in [2.24, 2.45) is 0 Å². The van der Waals surface area contributed by atoms with Crippen molar-refractivity contribution < 1.29 is 9.47 Å². The van der Waals surface area contributed by atoms with Crippen LogP contribution in [0.3, 0.4) is 0 Å². The number of rotatable bonds is 5. The fraction of sp³-hybridized carbons (Fsp3) is 0.500. The highest BCUT2D eigenvalue weighted by Gasteiger charge is 2.44. The van der Waals surface area contributed by atoms with E-state index >= 15 is 0 Å². The van der Waals surface area contributed by atoms with Gasteiger partial charge in [0.25, 0.3) is 0 Å². The van der Waals surface area contributed by atoms with Gasteiger partial charge >= 0.3 is 0 Å². The molecule has 0 aromatic heterocycles. The van der Waals surface area contributed by atoms with Gasteiger partial charge in [0, 0.05) is 44.0 Å². The average Bonchev–Trinajstić information content (AvgIpc) is 3.24. The minimum absolute atomic E-state index is 0.545. The van der Waals surface area contributed by atoms with Crippen LogP contribution in [0.15, 0.2) is 54.6 Å². The molecule has 2 aromatic rings. The molecule has 0 saturated carbocycles. The summed E-state index contributed by atoms with van der Waals surface area (Å²) < 4.78 is 12.2. The molecule has 2 aromatic carbocycles. The molecular formula is C24H31N3O2. The lowest BCUT2D eigenvalue weighted by molar-refractivity contribution is -0.187. The molecule has 0 bridgehead atoms. The molecule has 2 fully saturated rings. The lowest BCUT2D eigenvalue weighted by atomic mass is 9.94. The van der Waals surface area contributed by atoms with Crippen molar-refractivity contribution in [3.05, 3.63) is 65.7 Å². The maximum atomic E-state index is 6.11. The van der Waals surface area contributed by atoms with Crippen LogP contribution in [0, 0.1) is 0 Å². The highest BCUT2D eigenvalue weighted by molar-refractivity contribution is 5.46. The Balaban J connectivity index is 1.12. The van der Waals surface area contributed by atoms with Gasteiger partial charge in [0.15, 0.2) is 0 Å². The van der Waals surface area contributed by atoms with Crippen molar-refractivity contribution in [2.45, 2.75) is 18.8 Å². The maximum Gasteiger partial charge on any atom is 0.208 e. The number of hydrogen-bond donors (Lipinski definition) is 0. The van der Waals surface area contributed by atoms with Gasteiger partial charge in [-0.2, -0.15) is 0 Å². The predicted molar refractivity (Wildman–Crippen MR) is 115 cm³/mol. The molecule has 0 N–H and O–H groups in total. The van der Waals surface area contributed by atoms with E-state index in [2.05, 4.69) is 69.3 Å². The summed E-state index contributed by atoms with van der Waals surface area (Å²) in [5.74, 6) is -0.545. The van der Waals surface area contributed by atoms with Crippen LogP contribution in [0.4, 0.5) is 5.69 Å². The van der Waals surface area contributed by atoms with E-state index < -0.39 is 5.79 Å². The van der Waals surface area contributed by atoms with E-state index in [1.54, 1.807) is 0 Å². The quantitative estimate of drug-likeness (QED) is 0.779. The first-order valence-electron chi connectivity index (χ1n) is 10.9. The first-order valence-corrected chi connectivity index (χ1v) is 10.9. The maximum absolute atomic E-state index is 6.11. The van der Waals surface area contributed by atoms with Gasteiger partial charge in [-0.1, -0.05) is 42.5 Å². The van der Waals surface area contributed by atoms with Gasteiger partial charge in [-0.15, -0.1) is 0 Å². The number of para-hydroxylation sites is 1. The summed E-state index contributed by atoms with van der Waals surface area (Å²) in [6, 6.07) is 19.4. The van der Waals surface area contributed by atoms with Crippen molar-refractivity contribution in [3.63, 3.8) is 0 Å². The zero-order valence-corrected chi connectivity index (χ0v) is 17.1. The van der Waals surface area contributed by atoms with Crippen LogP contribution in [-0.4, -0.2) is 68.8 Å². The molecular weight excluding hydrogens is 362 g/mol. The molecule has 0 unspecified atom stereocenters. The number of hydrogen-bond acceptors (Lipinski definition) is 5. The van der Waals surface area contributed by atoms with Crippen LogP contribution in [0.5, 0.6) is 0 Å². The Hall–Kier alpha value is -1.92. The normalized spacial score (nSPS) is 22.1. The Labute approximate surface area is 173 Å². The minimum atomic E-state index is -0.545. The fourth-order valence-corrected chi connectivity index (χ4v) is 4.95. The van der Waals surface area contributed by atoms with Gasteiger partial charge in [0.1, 0.15) is 0 Å². The van der Waals surface area contributed by atoms with Crippen LogP contribution < -0.4 is 4.90 Å². The summed E-state index contributed by atoms with van der Waals surface area (Å²) in [6.07, 6.45) is 1.18. The molecule has 3 aliphatic heterocycles. The molecule has 154 valence electrons. The topological polar surface area (TPSA) is 28.2 Å². The number of piperazine rings is 1. The number of fused-ring (bicyclic) bond motifs is 2. The second kappa shape index (κ2) is 8.44. The summed E-state index contributed by atoms with van der Waals surface area (Å²) in [6.45, 7) is 9.98. The highest BCUT2D eigenvalue weighted by atomic mass is 16.7. The average molecular weight is 394 g/mol. The molecule has 29 heavy (non-hydrogen) atoms. The van der Waals surface area contributed by atoms with Crippen molar-refractivity contribution in [1.29, 1.82) is 0 Å².